The van der Waals surface area contributed by atoms with Gasteiger partial charge in [-0.25, -0.2) is 0 Å². The molecule has 4 nitrogen and oxygen atoms in total. The Hall–Kier alpha value is -1.32. The molecule has 2 aliphatic rings. The van der Waals surface area contributed by atoms with E-state index in [1.54, 1.807) is 0 Å². The molecule has 0 amide bonds. The second-order valence-electron chi connectivity index (χ2n) is 5.24. The maximum absolute atomic E-state index is 12.3. The second-order valence-corrected chi connectivity index (χ2v) is 5.24. The molecule has 0 saturated heterocycles. The first-order valence-corrected chi connectivity index (χ1v) is 6.54. The zero-order chi connectivity index (χ0) is 13.2. The summed E-state index contributed by atoms with van der Waals surface area (Å²) in [5, 5.41) is 0. The minimum Gasteiger partial charge on any atom is -0.469 e. The number of hydrogen-bond acceptors (Lipinski definition) is 4. The molecule has 0 aliphatic heterocycles. The lowest BCUT2D eigenvalue weighted by Gasteiger charge is -2.32. The Kier molecular flexibility index (Phi) is 3.73. The zero-order valence-corrected chi connectivity index (χ0v) is 11.0. The van der Waals surface area contributed by atoms with E-state index in [1.807, 2.05) is 6.92 Å². The van der Waals surface area contributed by atoms with E-state index < -0.39 is 5.41 Å². The van der Waals surface area contributed by atoms with Gasteiger partial charge < -0.3 is 9.47 Å². The highest BCUT2D eigenvalue weighted by atomic mass is 16.5. The van der Waals surface area contributed by atoms with Crippen LogP contribution in [0, 0.1) is 17.3 Å². The summed E-state index contributed by atoms with van der Waals surface area (Å²) in [5.41, 5.74) is -0.679. The topological polar surface area (TPSA) is 52.6 Å². The fourth-order valence-electron chi connectivity index (χ4n) is 3.13. The number of hydrogen-bond donors (Lipinski definition) is 0. The van der Waals surface area contributed by atoms with Crippen molar-refractivity contribution in [2.24, 2.45) is 17.3 Å². The smallest absolute Gasteiger partial charge is 0.313 e. The Bertz CT molecular complexity index is 374. The van der Waals surface area contributed by atoms with Crippen molar-refractivity contribution in [1.82, 2.24) is 0 Å². The molecule has 4 heteroatoms. The highest BCUT2D eigenvalue weighted by molar-refractivity contribution is 5.85. The number of fused-ring (bicyclic) bond motifs is 2. The van der Waals surface area contributed by atoms with Gasteiger partial charge >= 0.3 is 11.9 Å². The summed E-state index contributed by atoms with van der Waals surface area (Å²) in [6.07, 6.45) is 6.81. The summed E-state index contributed by atoms with van der Waals surface area (Å²) in [5.74, 6) is -0.0178. The van der Waals surface area contributed by atoms with Gasteiger partial charge in [-0.05, 0) is 31.1 Å². The number of carbonyl (C=O) groups is 2. The van der Waals surface area contributed by atoms with Gasteiger partial charge in [-0.15, -0.1) is 0 Å². The van der Waals surface area contributed by atoms with Gasteiger partial charge in [0.2, 0.25) is 0 Å². The fraction of sp³-hybridized carbons (Fsp3) is 0.714. The van der Waals surface area contributed by atoms with Crippen molar-refractivity contribution >= 4 is 11.9 Å². The third-order valence-electron chi connectivity index (χ3n) is 4.04. The third kappa shape index (κ3) is 2.16. The number of methoxy groups -OCH3 is 1. The van der Waals surface area contributed by atoms with Crippen molar-refractivity contribution < 1.29 is 19.1 Å². The van der Waals surface area contributed by atoms with Crippen LogP contribution in [-0.2, 0) is 19.1 Å². The second kappa shape index (κ2) is 5.12. The molecule has 2 bridgehead atoms. The average Bonchev–Trinajstić information content (AvgIpc) is 2.96. The zero-order valence-electron chi connectivity index (χ0n) is 11.0. The van der Waals surface area contributed by atoms with Gasteiger partial charge in [-0.3, -0.25) is 9.59 Å². The van der Waals surface area contributed by atoms with E-state index in [-0.39, 0.29) is 24.3 Å². The maximum atomic E-state index is 12.3. The summed E-state index contributed by atoms with van der Waals surface area (Å²) in [7, 11) is 1.36. The van der Waals surface area contributed by atoms with Crippen molar-refractivity contribution in [1.29, 1.82) is 0 Å². The van der Waals surface area contributed by atoms with Crippen molar-refractivity contribution in [3.63, 3.8) is 0 Å². The molecule has 0 heterocycles. The average molecular weight is 252 g/mol. The molecular formula is C14H20O4. The predicted octanol–water partition coefficient (Wildman–Crippen LogP) is 2.09. The molecule has 2 aliphatic carbocycles. The quantitative estimate of drug-likeness (QED) is 0.555. The minimum atomic E-state index is -0.679. The number of carbonyl (C=O) groups excluding carboxylic acids is 2. The predicted molar refractivity (Wildman–Crippen MR) is 65.7 cm³/mol. The molecule has 0 spiro atoms. The van der Waals surface area contributed by atoms with Crippen LogP contribution in [0.4, 0.5) is 0 Å². The van der Waals surface area contributed by atoms with E-state index in [0.717, 1.165) is 12.8 Å². The van der Waals surface area contributed by atoms with Gasteiger partial charge in [0.1, 0.15) is 0 Å². The third-order valence-corrected chi connectivity index (χ3v) is 4.04. The Morgan fingerprint density at radius 1 is 1.39 bits per heavy atom. The van der Waals surface area contributed by atoms with Crippen molar-refractivity contribution in [2.75, 3.05) is 13.7 Å². The van der Waals surface area contributed by atoms with Crippen LogP contribution in [0.1, 0.15) is 32.6 Å². The summed E-state index contributed by atoms with van der Waals surface area (Å²) >= 11 is 0. The van der Waals surface area contributed by atoms with Crippen LogP contribution in [0.25, 0.3) is 0 Å². The Morgan fingerprint density at radius 2 is 2.17 bits per heavy atom. The fourth-order valence-corrected chi connectivity index (χ4v) is 3.13. The van der Waals surface area contributed by atoms with Crippen LogP contribution in [0.2, 0.25) is 0 Å². The molecule has 2 rings (SSSR count). The van der Waals surface area contributed by atoms with Crippen molar-refractivity contribution in [3.8, 4) is 0 Å². The molecule has 100 valence electrons. The molecular weight excluding hydrogens is 232 g/mol. The Balaban J connectivity index is 2.15. The summed E-state index contributed by atoms with van der Waals surface area (Å²) in [4.78, 5) is 23.9. The molecule has 0 radical (unpaired) electrons. The lowest BCUT2D eigenvalue weighted by Crippen LogP contribution is -2.39. The lowest BCUT2D eigenvalue weighted by atomic mass is 9.73. The van der Waals surface area contributed by atoms with Crippen LogP contribution in [0.15, 0.2) is 12.2 Å². The number of ether oxygens (including phenoxy) is 2. The molecule has 0 N–H and O–H groups in total. The van der Waals surface area contributed by atoms with E-state index in [2.05, 4.69) is 12.2 Å². The van der Waals surface area contributed by atoms with Crippen LogP contribution in [-0.4, -0.2) is 25.7 Å². The van der Waals surface area contributed by atoms with Gasteiger partial charge in [-0.2, -0.15) is 0 Å². The monoisotopic (exact) mass is 252 g/mol. The first-order valence-electron chi connectivity index (χ1n) is 6.54. The summed E-state index contributed by atoms with van der Waals surface area (Å²) < 4.78 is 10.0. The molecule has 3 atom stereocenters. The SMILES string of the molecule is CCCOC(=O)C1(CC(=O)OC)CC2C=CC1C2. The number of esters is 2. The molecule has 1 fully saturated rings. The van der Waals surface area contributed by atoms with Crippen molar-refractivity contribution in [2.45, 2.75) is 32.6 Å². The van der Waals surface area contributed by atoms with E-state index in [0.29, 0.717) is 18.9 Å². The van der Waals surface area contributed by atoms with E-state index >= 15 is 0 Å². The molecule has 1 saturated carbocycles. The first-order chi connectivity index (χ1) is 8.62. The normalized spacial score (nSPS) is 32.6. The summed E-state index contributed by atoms with van der Waals surface area (Å²) in [6, 6.07) is 0. The van der Waals surface area contributed by atoms with Crippen LogP contribution >= 0.6 is 0 Å². The van der Waals surface area contributed by atoms with Crippen molar-refractivity contribution in [3.05, 3.63) is 12.2 Å². The highest BCUT2D eigenvalue weighted by Gasteiger charge is 2.55. The standard InChI is InChI=1S/C14H20O4/c1-3-6-18-13(16)14(9-12(15)17-2)8-10-4-5-11(14)7-10/h4-5,10-11H,3,6-9H2,1-2H3. The molecule has 3 unspecified atom stereocenters. The van der Waals surface area contributed by atoms with Gasteiger partial charge in [0.05, 0.1) is 25.6 Å². The Labute approximate surface area is 107 Å². The van der Waals surface area contributed by atoms with E-state index in [4.69, 9.17) is 9.47 Å². The van der Waals surface area contributed by atoms with Crippen LogP contribution in [0.3, 0.4) is 0 Å². The number of allylic oxidation sites excluding steroid dienone is 2. The molecule has 0 aromatic heterocycles. The largest absolute Gasteiger partial charge is 0.469 e. The lowest BCUT2D eigenvalue weighted by molar-refractivity contribution is -0.164. The van der Waals surface area contributed by atoms with Gasteiger partial charge in [0.15, 0.2) is 0 Å². The van der Waals surface area contributed by atoms with Gasteiger partial charge in [0, 0.05) is 0 Å². The van der Waals surface area contributed by atoms with Gasteiger partial charge in [-0.1, -0.05) is 19.1 Å². The first kappa shape index (κ1) is 13.1. The van der Waals surface area contributed by atoms with Crippen LogP contribution < -0.4 is 0 Å². The Morgan fingerprint density at radius 3 is 2.67 bits per heavy atom. The van der Waals surface area contributed by atoms with E-state index in [1.165, 1.54) is 7.11 Å². The molecule has 18 heavy (non-hydrogen) atoms. The van der Waals surface area contributed by atoms with Crippen LogP contribution in [0.5, 0.6) is 0 Å². The molecule has 0 aromatic carbocycles. The summed E-state index contributed by atoms with van der Waals surface area (Å²) in [6.45, 7) is 2.38. The van der Waals surface area contributed by atoms with E-state index in [9.17, 15) is 9.59 Å². The molecule has 0 aromatic rings. The highest BCUT2D eigenvalue weighted by Crippen LogP contribution is 2.54. The number of rotatable bonds is 5. The minimum absolute atomic E-state index is 0.131. The van der Waals surface area contributed by atoms with Gasteiger partial charge in [0.25, 0.3) is 0 Å². The maximum Gasteiger partial charge on any atom is 0.313 e.